The highest BCUT2D eigenvalue weighted by molar-refractivity contribution is 9.12. The zero-order chi connectivity index (χ0) is 16.1. The van der Waals surface area contributed by atoms with E-state index in [0.29, 0.717) is 11.4 Å². The lowest BCUT2D eigenvalue weighted by atomic mass is 10.2. The average Bonchev–Trinajstić information content (AvgIpc) is 2.82. The van der Waals surface area contributed by atoms with E-state index in [1.165, 1.54) is 6.42 Å². The first-order valence-electron chi connectivity index (χ1n) is 7.74. The van der Waals surface area contributed by atoms with Gasteiger partial charge in [-0.2, -0.15) is 5.26 Å². The molecular weight excluding hydrogens is 352 g/mol. The summed E-state index contributed by atoms with van der Waals surface area (Å²) in [4.78, 5) is 0. The van der Waals surface area contributed by atoms with Crippen molar-refractivity contribution in [2.24, 2.45) is 0 Å². The van der Waals surface area contributed by atoms with E-state index in [0.717, 1.165) is 41.7 Å². The fourth-order valence-electron chi connectivity index (χ4n) is 2.72. The Balaban J connectivity index is 1.93. The fraction of sp³-hybridized carbons (Fsp3) is 0.278. The summed E-state index contributed by atoms with van der Waals surface area (Å²) >= 11 is 3.53. The van der Waals surface area contributed by atoms with Crippen molar-refractivity contribution < 1.29 is 0 Å². The first-order chi connectivity index (χ1) is 11.3. The van der Waals surface area contributed by atoms with Gasteiger partial charge in [0, 0.05) is 17.4 Å². The lowest BCUT2D eigenvalue weighted by Gasteiger charge is -2.05. The number of benzene rings is 1. The Hall–Kier alpha value is -2.19. The lowest BCUT2D eigenvalue weighted by molar-refractivity contribution is 0.627. The Morgan fingerprint density at radius 3 is 2.78 bits per heavy atom. The topological polar surface area (TPSA) is 54.5 Å². The third-order valence-corrected chi connectivity index (χ3v) is 4.32. The number of hydrogen-bond donors (Lipinski definition) is 0. The molecule has 0 radical (unpaired) electrons. The van der Waals surface area contributed by atoms with E-state index < -0.39 is 0 Å². The molecule has 1 aliphatic rings. The molecular formula is C18H17BrN4. The molecule has 0 aliphatic carbocycles. The maximum Gasteiger partial charge on any atom is 0.174 e. The third-order valence-electron chi connectivity index (χ3n) is 3.86. The van der Waals surface area contributed by atoms with Gasteiger partial charge in [-0.3, -0.25) is 0 Å². The average molecular weight is 369 g/mol. The molecule has 3 rings (SSSR count). The summed E-state index contributed by atoms with van der Waals surface area (Å²) in [7, 11) is 0. The molecule has 1 aromatic heterocycles. The Labute approximate surface area is 144 Å². The van der Waals surface area contributed by atoms with E-state index in [1.807, 2.05) is 42.5 Å². The summed E-state index contributed by atoms with van der Waals surface area (Å²) < 4.78 is 2.93. The highest BCUT2D eigenvalue weighted by Gasteiger charge is 2.17. The maximum atomic E-state index is 9.54. The van der Waals surface area contributed by atoms with E-state index in [1.54, 1.807) is 0 Å². The predicted molar refractivity (Wildman–Crippen MR) is 94.5 cm³/mol. The first-order valence-corrected chi connectivity index (χ1v) is 8.54. The summed E-state index contributed by atoms with van der Waals surface area (Å²) in [6.45, 7) is 0.886. The summed E-state index contributed by atoms with van der Waals surface area (Å²) in [5.41, 5.74) is 1.61. The van der Waals surface area contributed by atoms with Crippen LogP contribution in [0.1, 0.15) is 36.5 Å². The standard InChI is InChI=1S/C18H17BrN4/c19-16(11-14-7-3-1-4-8-14)12-15(13-20)18-22-21-17-9-5-2-6-10-23(17)18/h1,3-4,7-8,11-12H,2,5-6,9-10H2/b15-12+,16-11-. The minimum absolute atomic E-state index is 0.532. The predicted octanol–water partition coefficient (Wildman–Crippen LogP) is 4.35. The zero-order valence-corrected chi connectivity index (χ0v) is 14.3. The number of aromatic nitrogens is 3. The van der Waals surface area contributed by atoms with Crippen LogP contribution in [0.4, 0.5) is 0 Å². The van der Waals surface area contributed by atoms with E-state index >= 15 is 0 Å². The van der Waals surface area contributed by atoms with Crippen LogP contribution in [0.5, 0.6) is 0 Å². The SMILES string of the molecule is N#C/C(=C\C(Br)=C\c1ccccc1)c1nnc2n1CCCCC2. The normalized spacial score (nSPS) is 15.7. The molecule has 1 aromatic carbocycles. The number of rotatable bonds is 3. The number of nitriles is 1. The second kappa shape index (κ2) is 7.38. The lowest BCUT2D eigenvalue weighted by Crippen LogP contribution is -2.05. The Morgan fingerprint density at radius 1 is 1.17 bits per heavy atom. The van der Waals surface area contributed by atoms with Crippen molar-refractivity contribution in [3.63, 3.8) is 0 Å². The second-order valence-corrected chi connectivity index (χ2v) is 6.43. The molecule has 0 fully saturated rings. The van der Waals surface area contributed by atoms with Crippen LogP contribution in [0, 0.1) is 11.3 Å². The molecule has 0 atom stereocenters. The zero-order valence-electron chi connectivity index (χ0n) is 12.7. The molecule has 0 unspecified atom stereocenters. The molecule has 2 heterocycles. The molecule has 4 nitrogen and oxygen atoms in total. The molecule has 116 valence electrons. The van der Waals surface area contributed by atoms with Crippen molar-refractivity contribution >= 4 is 27.6 Å². The number of aryl methyl sites for hydroxylation is 1. The minimum atomic E-state index is 0.532. The van der Waals surface area contributed by atoms with Gasteiger partial charge >= 0.3 is 0 Å². The largest absolute Gasteiger partial charge is 0.310 e. The number of hydrogen-bond acceptors (Lipinski definition) is 3. The molecule has 0 amide bonds. The summed E-state index contributed by atoms with van der Waals surface area (Å²) in [5.74, 6) is 1.66. The third kappa shape index (κ3) is 3.77. The first kappa shape index (κ1) is 15.7. The Bertz CT molecular complexity index is 781. The smallest absolute Gasteiger partial charge is 0.174 e. The van der Waals surface area contributed by atoms with Gasteiger partial charge in [-0.25, -0.2) is 0 Å². The van der Waals surface area contributed by atoms with Crippen LogP contribution in [0.3, 0.4) is 0 Å². The van der Waals surface area contributed by atoms with Crippen molar-refractivity contribution in [3.05, 3.63) is 58.1 Å². The monoisotopic (exact) mass is 368 g/mol. The van der Waals surface area contributed by atoms with Crippen molar-refractivity contribution in [3.8, 4) is 6.07 Å². The molecule has 0 N–H and O–H groups in total. The van der Waals surface area contributed by atoms with E-state index in [-0.39, 0.29) is 0 Å². The van der Waals surface area contributed by atoms with Crippen molar-refractivity contribution in [2.75, 3.05) is 0 Å². The van der Waals surface area contributed by atoms with Gasteiger partial charge in [0.15, 0.2) is 5.82 Å². The molecule has 1 aliphatic heterocycles. The van der Waals surface area contributed by atoms with Crippen LogP contribution in [-0.4, -0.2) is 14.8 Å². The minimum Gasteiger partial charge on any atom is -0.310 e. The molecule has 2 aromatic rings. The van der Waals surface area contributed by atoms with Gasteiger partial charge < -0.3 is 4.57 Å². The van der Waals surface area contributed by atoms with E-state index in [4.69, 9.17) is 0 Å². The van der Waals surface area contributed by atoms with Crippen LogP contribution < -0.4 is 0 Å². The van der Waals surface area contributed by atoms with Crippen molar-refractivity contribution in [2.45, 2.75) is 32.2 Å². The van der Waals surface area contributed by atoms with Crippen LogP contribution >= 0.6 is 15.9 Å². The van der Waals surface area contributed by atoms with E-state index in [2.05, 4.69) is 36.8 Å². The molecule has 0 spiro atoms. The summed E-state index contributed by atoms with van der Waals surface area (Å²) in [6, 6.07) is 12.2. The number of nitrogens with zero attached hydrogens (tertiary/aromatic N) is 4. The number of fused-ring (bicyclic) bond motifs is 1. The van der Waals surface area contributed by atoms with Crippen molar-refractivity contribution in [1.82, 2.24) is 14.8 Å². The number of allylic oxidation sites excluding steroid dienone is 3. The quantitative estimate of drug-likeness (QED) is 0.597. The molecule has 0 saturated carbocycles. The van der Waals surface area contributed by atoms with Gasteiger partial charge in [-0.15, -0.1) is 10.2 Å². The fourth-order valence-corrected chi connectivity index (χ4v) is 3.21. The second-order valence-electron chi connectivity index (χ2n) is 5.51. The van der Waals surface area contributed by atoms with Crippen LogP contribution in [-0.2, 0) is 13.0 Å². The summed E-state index contributed by atoms with van der Waals surface area (Å²) in [6.07, 6.45) is 8.18. The van der Waals surface area contributed by atoms with Crippen LogP contribution in [0.15, 0.2) is 40.9 Å². The molecule has 23 heavy (non-hydrogen) atoms. The Morgan fingerprint density at radius 2 is 2.00 bits per heavy atom. The van der Waals surface area contributed by atoms with Crippen LogP contribution in [0.25, 0.3) is 11.6 Å². The molecule has 5 heteroatoms. The van der Waals surface area contributed by atoms with Gasteiger partial charge in [0.2, 0.25) is 0 Å². The van der Waals surface area contributed by atoms with Gasteiger partial charge in [0.25, 0.3) is 0 Å². The highest BCUT2D eigenvalue weighted by Crippen LogP contribution is 2.23. The number of halogens is 1. The van der Waals surface area contributed by atoms with E-state index in [9.17, 15) is 5.26 Å². The Kier molecular flexibility index (Phi) is 5.04. The van der Waals surface area contributed by atoms with Gasteiger partial charge in [-0.05, 0) is 30.6 Å². The molecule has 0 bridgehead atoms. The van der Waals surface area contributed by atoms with Gasteiger partial charge in [-0.1, -0.05) is 52.7 Å². The van der Waals surface area contributed by atoms with Gasteiger partial charge in [0.1, 0.15) is 11.9 Å². The van der Waals surface area contributed by atoms with Gasteiger partial charge in [0.05, 0.1) is 5.57 Å². The van der Waals surface area contributed by atoms with Crippen LogP contribution in [0.2, 0.25) is 0 Å². The van der Waals surface area contributed by atoms with Crippen molar-refractivity contribution in [1.29, 1.82) is 5.26 Å². The maximum absolute atomic E-state index is 9.54. The highest BCUT2D eigenvalue weighted by atomic mass is 79.9. The summed E-state index contributed by atoms with van der Waals surface area (Å²) in [5, 5.41) is 18.0. The molecule has 0 saturated heterocycles.